The molecule has 0 saturated heterocycles. The summed E-state index contributed by atoms with van der Waals surface area (Å²) in [6.07, 6.45) is 1.21. The van der Waals surface area contributed by atoms with E-state index in [1.54, 1.807) is 48.5 Å². The summed E-state index contributed by atoms with van der Waals surface area (Å²) in [5.74, 6) is -1.08. The van der Waals surface area contributed by atoms with Gasteiger partial charge in [0, 0.05) is 29.8 Å². The molecule has 3 heterocycles. The van der Waals surface area contributed by atoms with Crippen LogP contribution in [0.1, 0.15) is 0 Å². The fourth-order valence-electron chi connectivity index (χ4n) is 2.72. The summed E-state index contributed by atoms with van der Waals surface area (Å²) >= 11 is 0. The van der Waals surface area contributed by atoms with Crippen LogP contribution in [-0.2, 0) is 0 Å². The molecule has 0 saturated carbocycles. The smallest absolute Gasteiger partial charge is 0.327 e. The average Bonchev–Trinajstić information content (AvgIpc) is 3.48. The van der Waals surface area contributed by atoms with Crippen molar-refractivity contribution in [2.75, 3.05) is 0 Å². The summed E-state index contributed by atoms with van der Waals surface area (Å²) in [6.45, 7) is 0. The van der Waals surface area contributed by atoms with Crippen LogP contribution >= 0.6 is 0 Å². The second kappa shape index (κ2) is 6.56. The maximum absolute atomic E-state index is 12.1. The van der Waals surface area contributed by atoms with E-state index in [-0.39, 0.29) is 17.5 Å². The molecule has 0 atom stereocenters. The molecule has 5 rings (SSSR count). The molecule has 29 heavy (non-hydrogen) atoms. The molecule has 0 aliphatic carbocycles. The van der Waals surface area contributed by atoms with E-state index in [0.29, 0.717) is 16.9 Å². The summed E-state index contributed by atoms with van der Waals surface area (Å²) < 4.78 is 17.5. The molecule has 3 aromatic heterocycles. The van der Waals surface area contributed by atoms with Gasteiger partial charge in [0.25, 0.3) is 0 Å². The van der Waals surface area contributed by atoms with E-state index in [9.17, 15) is 10.2 Å². The lowest BCUT2D eigenvalue weighted by Gasteiger charge is -1.95. The van der Waals surface area contributed by atoms with Gasteiger partial charge < -0.3 is 23.7 Å². The zero-order valence-corrected chi connectivity index (χ0v) is 14.5. The van der Waals surface area contributed by atoms with Crippen molar-refractivity contribution in [3.8, 4) is 46.3 Å². The van der Waals surface area contributed by atoms with Gasteiger partial charge in [0.05, 0.1) is 10.5 Å². The molecule has 11 nitrogen and oxygen atoms in total. The molecular formula is C18H10N6O5. The topological polar surface area (TPSA) is 145 Å². The van der Waals surface area contributed by atoms with Gasteiger partial charge in [0.2, 0.25) is 23.5 Å². The zero-order chi connectivity index (χ0) is 19.8. The predicted octanol–water partition coefficient (Wildman–Crippen LogP) is 0.0802. The molecule has 0 aliphatic rings. The van der Waals surface area contributed by atoms with Crippen LogP contribution in [0.2, 0.25) is 0 Å². The lowest BCUT2D eigenvalue weighted by molar-refractivity contribution is -0.670. The normalized spacial score (nSPS) is 11.0. The first-order valence-corrected chi connectivity index (χ1v) is 8.34. The second-order valence-electron chi connectivity index (χ2n) is 5.88. The molecule has 11 heteroatoms. The van der Waals surface area contributed by atoms with Gasteiger partial charge in [-0.2, -0.15) is 0 Å². The van der Waals surface area contributed by atoms with Crippen LogP contribution in [0, 0.1) is 0 Å². The first kappa shape index (κ1) is 16.6. The monoisotopic (exact) mass is 390 g/mol. The SMILES string of the molecule is [O-]c1c[n+](-c2ccc(-c3nnc(-c4c([O-])on[n+]4-c4ccccc4)o3)cc2)no1. The molecule has 0 aliphatic heterocycles. The number of aromatic nitrogens is 6. The molecule has 0 bridgehead atoms. The molecular weight excluding hydrogens is 380 g/mol. The van der Waals surface area contributed by atoms with Crippen LogP contribution in [0.25, 0.3) is 34.4 Å². The van der Waals surface area contributed by atoms with Gasteiger partial charge in [0.1, 0.15) is 5.95 Å². The summed E-state index contributed by atoms with van der Waals surface area (Å²) in [4.78, 5) is 0. The highest BCUT2D eigenvalue weighted by Crippen LogP contribution is 2.27. The van der Waals surface area contributed by atoms with Crippen LogP contribution in [-0.4, -0.2) is 20.7 Å². The van der Waals surface area contributed by atoms with Crippen LogP contribution in [0.5, 0.6) is 11.9 Å². The number of para-hydroxylation sites is 1. The van der Waals surface area contributed by atoms with Crippen molar-refractivity contribution in [3.63, 3.8) is 0 Å². The maximum atomic E-state index is 12.1. The molecule has 2 aromatic carbocycles. The molecule has 0 spiro atoms. The van der Waals surface area contributed by atoms with Crippen LogP contribution in [0.15, 0.2) is 74.3 Å². The van der Waals surface area contributed by atoms with E-state index in [1.807, 2.05) is 6.07 Å². The Hall–Kier alpha value is -4.54. The molecule has 5 aromatic rings. The summed E-state index contributed by atoms with van der Waals surface area (Å²) in [5, 5.41) is 38.5. The Morgan fingerprint density at radius 3 is 2.24 bits per heavy atom. The molecule has 0 unspecified atom stereocenters. The Kier molecular flexibility index (Phi) is 3.76. The standard InChI is InChI=1S/C18H10N6O5/c25-14-10-23(21-28-14)12-8-6-11(7-9-12)16-19-20-17(27-16)15-18(26)29-22-24(15)13-4-2-1-3-5-13/h1-10H. The van der Waals surface area contributed by atoms with Gasteiger partial charge in [-0.3, -0.25) is 0 Å². The van der Waals surface area contributed by atoms with Crippen molar-refractivity contribution >= 4 is 0 Å². The predicted molar refractivity (Wildman–Crippen MR) is 87.2 cm³/mol. The maximum Gasteiger partial charge on any atom is 0.327 e. The minimum Gasteiger partial charge on any atom is -0.539 e. The van der Waals surface area contributed by atoms with Crippen LogP contribution < -0.4 is 19.6 Å². The number of hydrogen-bond donors (Lipinski definition) is 0. The Morgan fingerprint density at radius 2 is 1.52 bits per heavy atom. The molecule has 0 N–H and O–H groups in total. The van der Waals surface area contributed by atoms with Crippen molar-refractivity contribution < 1.29 is 33.0 Å². The number of benzene rings is 2. The van der Waals surface area contributed by atoms with Crippen molar-refractivity contribution in [2.24, 2.45) is 0 Å². The van der Waals surface area contributed by atoms with Crippen molar-refractivity contribution in [1.29, 1.82) is 0 Å². The Bertz CT molecular complexity index is 1280. The molecule has 0 fully saturated rings. The van der Waals surface area contributed by atoms with Gasteiger partial charge in [-0.05, 0) is 21.5 Å². The van der Waals surface area contributed by atoms with E-state index < -0.39 is 11.9 Å². The largest absolute Gasteiger partial charge is 0.539 e. The van der Waals surface area contributed by atoms with Gasteiger partial charge >= 0.3 is 11.6 Å². The van der Waals surface area contributed by atoms with Crippen LogP contribution in [0.4, 0.5) is 0 Å². The highest BCUT2D eigenvalue weighted by molar-refractivity contribution is 5.57. The Balaban J connectivity index is 1.48. The summed E-state index contributed by atoms with van der Waals surface area (Å²) in [7, 11) is 0. The third-order valence-corrected chi connectivity index (χ3v) is 4.06. The molecule has 0 radical (unpaired) electrons. The lowest BCUT2D eigenvalue weighted by Crippen LogP contribution is -2.34. The third-order valence-electron chi connectivity index (χ3n) is 4.06. The van der Waals surface area contributed by atoms with Gasteiger partial charge in [0.15, 0.2) is 5.95 Å². The number of nitrogens with zero attached hydrogens (tertiary/aromatic N) is 6. The number of rotatable bonds is 4. The minimum atomic E-state index is -0.699. The second-order valence-corrected chi connectivity index (χ2v) is 5.88. The molecule has 142 valence electrons. The van der Waals surface area contributed by atoms with Crippen molar-refractivity contribution in [1.82, 2.24) is 20.7 Å². The number of hydrogen-bond acceptors (Lipinski definition) is 9. The highest BCUT2D eigenvalue weighted by atomic mass is 16.6. The first-order chi connectivity index (χ1) is 14.2. The zero-order valence-electron chi connectivity index (χ0n) is 14.5. The fourth-order valence-corrected chi connectivity index (χ4v) is 2.72. The lowest BCUT2D eigenvalue weighted by atomic mass is 10.2. The van der Waals surface area contributed by atoms with E-state index in [4.69, 9.17) is 8.94 Å². The van der Waals surface area contributed by atoms with E-state index in [1.165, 1.54) is 15.6 Å². The van der Waals surface area contributed by atoms with Gasteiger partial charge in [-0.25, -0.2) is 0 Å². The highest BCUT2D eigenvalue weighted by Gasteiger charge is 2.28. The van der Waals surface area contributed by atoms with E-state index >= 15 is 0 Å². The van der Waals surface area contributed by atoms with Gasteiger partial charge in [-0.15, -0.1) is 10.2 Å². The van der Waals surface area contributed by atoms with Crippen molar-refractivity contribution in [3.05, 3.63) is 60.8 Å². The third kappa shape index (κ3) is 2.96. The fraction of sp³-hybridized carbons (Fsp3) is 0. The van der Waals surface area contributed by atoms with Crippen LogP contribution in [0.3, 0.4) is 0 Å². The van der Waals surface area contributed by atoms with E-state index in [2.05, 4.69) is 25.3 Å². The Morgan fingerprint density at radius 1 is 0.759 bits per heavy atom. The Labute approximate surface area is 161 Å². The molecule has 0 amide bonds. The summed E-state index contributed by atoms with van der Waals surface area (Å²) in [5.41, 5.74) is 1.85. The van der Waals surface area contributed by atoms with E-state index in [0.717, 1.165) is 0 Å². The average molecular weight is 390 g/mol. The van der Waals surface area contributed by atoms with Crippen molar-refractivity contribution in [2.45, 2.75) is 0 Å². The first-order valence-electron chi connectivity index (χ1n) is 8.34. The summed E-state index contributed by atoms with van der Waals surface area (Å²) in [6, 6.07) is 15.8. The van der Waals surface area contributed by atoms with Gasteiger partial charge in [-0.1, -0.05) is 18.2 Å². The quantitative estimate of drug-likeness (QED) is 0.389. The minimum absolute atomic E-state index is 0.0210.